The molecule has 0 bridgehead atoms. The molecule has 1 rings (SSSR count). The highest BCUT2D eigenvalue weighted by molar-refractivity contribution is 5.73. The molecule has 0 amide bonds. The van der Waals surface area contributed by atoms with Gasteiger partial charge in [0.25, 0.3) is 0 Å². The fraction of sp³-hybridized carbons (Fsp3) is 0.917. The van der Waals surface area contributed by atoms with Crippen LogP contribution in [0.2, 0.25) is 0 Å². The summed E-state index contributed by atoms with van der Waals surface area (Å²) in [6.07, 6.45) is 1.91. The van der Waals surface area contributed by atoms with Crippen molar-refractivity contribution in [3.05, 3.63) is 0 Å². The zero-order valence-electron chi connectivity index (χ0n) is 10.7. The van der Waals surface area contributed by atoms with Crippen molar-refractivity contribution in [3.63, 3.8) is 0 Å². The third kappa shape index (κ3) is 4.10. The molecule has 0 spiro atoms. The minimum absolute atomic E-state index is 0.599. The zero-order valence-corrected chi connectivity index (χ0v) is 10.7. The number of carboxylic acids is 1. The van der Waals surface area contributed by atoms with Gasteiger partial charge in [-0.25, -0.2) is 0 Å². The second kappa shape index (κ2) is 5.64. The maximum Gasteiger partial charge on any atom is 0.309 e. The Kier molecular flexibility index (Phi) is 4.74. The monoisotopic (exact) mass is 228 g/mol. The quantitative estimate of drug-likeness (QED) is 0.783. The fourth-order valence-corrected chi connectivity index (χ4v) is 1.87. The van der Waals surface area contributed by atoms with Gasteiger partial charge in [-0.05, 0) is 53.4 Å². The van der Waals surface area contributed by atoms with Gasteiger partial charge in [-0.3, -0.25) is 4.79 Å². The van der Waals surface area contributed by atoms with E-state index in [-0.39, 0.29) is 0 Å². The Morgan fingerprint density at radius 1 is 1.25 bits per heavy atom. The topological polar surface area (TPSA) is 43.8 Å². The highest BCUT2D eigenvalue weighted by atomic mass is 16.4. The standard InChI is InChI=1S/C12H24N2O2/c1-12(2,11(15)16)5-8-14-7-4-6-13(3)9-10-14/h4-10H2,1-3H3,(H,15,16). The Labute approximate surface area is 98.2 Å². The van der Waals surface area contributed by atoms with Gasteiger partial charge in [0.15, 0.2) is 0 Å². The molecule has 0 atom stereocenters. The molecule has 0 aromatic carbocycles. The summed E-state index contributed by atoms with van der Waals surface area (Å²) in [6.45, 7) is 8.91. The van der Waals surface area contributed by atoms with E-state index in [1.54, 1.807) is 13.8 Å². The molecule has 4 nitrogen and oxygen atoms in total. The number of hydrogen-bond donors (Lipinski definition) is 1. The smallest absolute Gasteiger partial charge is 0.309 e. The molecular formula is C12H24N2O2. The first kappa shape index (κ1) is 13.5. The van der Waals surface area contributed by atoms with Crippen LogP contribution in [0.3, 0.4) is 0 Å². The predicted molar refractivity (Wildman–Crippen MR) is 64.6 cm³/mol. The Morgan fingerprint density at radius 3 is 2.56 bits per heavy atom. The lowest BCUT2D eigenvalue weighted by molar-refractivity contribution is -0.147. The van der Waals surface area contributed by atoms with Crippen molar-refractivity contribution in [3.8, 4) is 0 Å². The minimum atomic E-state index is -0.695. The largest absolute Gasteiger partial charge is 0.481 e. The summed E-state index contributed by atoms with van der Waals surface area (Å²) < 4.78 is 0. The van der Waals surface area contributed by atoms with Gasteiger partial charge in [-0.2, -0.15) is 0 Å². The van der Waals surface area contributed by atoms with Gasteiger partial charge < -0.3 is 14.9 Å². The third-order valence-electron chi connectivity index (χ3n) is 3.44. The Hall–Kier alpha value is -0.610. The molecule has 1 fully saturated rings. The van der Waals surface area contributed by atoms with Crippen molar-refractivity contribution in [2.24, 2.45) is 5.41 Å². The molecule has 0 aromatic rings. The molecule has 16 heavy (non-hydrogen) atoms. The van der Waals surface area contributed by atoms with Crippen molar-refractivity contribution >= 4 is 5.97 Å². The molecule has 4 heteroatoms. The van der Waals surface area contributed by atoms with Crippen molar-refractivity contribution < 1.29 is 9.90 Å². The van der Waals surface area contributed by atoms with Gasteiger partial charge in [-0.1, -0.05) is 0 Å². The average Bonchev–Trinajstić information content (AvgIpc) is 2.40. The summed E-state index contributed by atoms with van der Waals surface area (Å²) in [6, 6.07) is 0. The first-order chi connectivity index (χ1) is 7.42. The van der Waals surface area contributed by atoms with E-state index >= 15 is 0 Å². The maximum absolute atomic E-state index is 11.0. The molecule has 1 aliphatic rings. The molecule has 1 N–H and O–H groups in total. The normalized spacial score (nSPS) is 20.7. The SMILES string of the molecule is CN1CCCN(CCC(C)(C)C(=O)O)CC1. The van der Waals surface area contributed by atoms with Crippen LogP contribution in [-0.4, -0.2) is 60.6 Å². The van der Waals surface area contributed by atoms with Gasteiger partial charge >= 0.3 is 5.97 Å². The Balaban J connectivity index is 2.34. The molecule has 1 saturated heterocycles. The second-order valence-corrected chi connectivity index (χ2v) is 5.44. The summed E-state index contributed by atoms with van der Waals surface area (Å²) in [7, 11) is 2.14. The molecule has 94 valence electrons. The van der Waals surface area contributed by atoms with E-state index in [1.165, 1.54) is 6.42 Å². The number of carboxylic acid groups (broad SMARTS) is 1. The number of hydrogen-bond acceptors (Lipinski definition) is 3. The highest BCUT2D eigenvalue weighted by Gasteiger charge is 2.27. The van der Waals surface area contributed by atoms with Gasteiger partial charge in [-0.15, -0.1) is 0 Å². The van der Waals surface area contributed by atoms with Crippen LogP contribution in [0.4, 0.5) is 0 Å². The molecule has 0 aliphatic carbocycles. The van der Waals surface area contributed by atoms with E-state index in [0.29, 0.717) is 0 Å². The summed E-state index contributed by atoms with van der Waals surface area (Å²) in [5, 5.41) is 9.04. The average molecular weight is 228 g/mol. The van der Waals surface area contributed by atoms with Crippen molar-refractivity contribution in [1.82, 2.24) is 9.80 Å². The maximum atomic E-state index is 11.0. The van der Waals surface area contributed by atoms with Crippen LogP contribution in [0.15, 0.2) is 0 Å². The van der Waals surface area contributed by atoms with E-state index in [2.05, 4.69) is 16.8 Å². The van der Waals surface area contributed by atoms with Crippen LogP contribution in [0, 0.1) is 5.41 Å². The molecule has 1 heterocycles. The third-order valence-corrected chi connectivity index (χ3v) is 3.44. The fourth-order valence-electron chi connectivity index (χ4n) is 1.87. The first-order valence-corrected chi connectivity index (χ1v) is 6.06. The first-order valence-electron chi connectivity index (χ1n) is 6.06. The van der Waals surface area contributed by atoms with Crippen LogP contribution < -0.4 is 0 Å². The molecule has 1 aliphatic heterocycles. The summed E-state index contributed by atoms with van der Waals surface area (Å²) in [4.78, 5) is 15.7. The summed E-state index contributed by atoms with van der Waals surface area (Å²) >= 11 is 0. The van der Waals surface area contributed by atoms with Gasteiger partial charge in [0.2, 0.25) is 0 Å². The van der Waals surface area contributed by atoms with Crippen molar-refractivity contribution in [2.75, 3.05) is 39.8 Å². The number of rotatable bonds is 4. The molecule has 0 radical (unpaired) electrons. The number of carbonyl (C=O) groups is 1. The minimum Gasteiger partial charge on any atom is -0.481 e. The molecular weight excluding hydrogens is 204 g/mol. The van der Waals surface area contributed by atoms with Crippen LogP contribution >= 0.6 is 0 Å². The van der Waals surface area contributed by atoms with Gasteiger partial charge in [0, 0.05) is 13.1 Å². The van der Waals surface area contributed by atoms with E-state index in [4.69, 9.17) is 5.11 Å². The Morgan fingerprint density at radius 2 is 1.94 bits per heavy atom. The van der Waals surface area contributed by atoms with Crippen LogP contribution in [-0.2, 0) is 4.79 Å². The van der Waals surface area contributed by atoms with Crippen molar-refractivity contribution in [1.29, 1.82) is 0 Å². The number of nitrogens with zero attached hydrogens (tertiary/aromatic N) is 2. The van der Waals surface area contributed by atoms with E-state index < -0.39 is 11.4 Å². The predicted octanol–water partition coefficient (Wildman–Crippen LogP) is 1.12. The van der Waals surface area contributed by atoms with Crippen molar-refractivity contribution in [2.45, 2.75) is 26.7 Å². The van der Waals surface area contributed by atoms with E-state index in [0.717, 1.165) is 39.1 Å². The van der Waals surface area contributed by atoms with Crippen LogP contribution in [0.5, 0.6) is 0 Å². The number of aliphatic carboxylic acids is 1. The molecule has 0 aromatic heterocycles. The van der Waals surface area contributed by atoms with Crippen LogP contribution in [0.25, 0.3) is 0 Å². The highest BCUT2D eigenvalue weighted by Crippen LogP contribution is 2.21. The van der Waals surface area contributed by atoms with E-state index in [1.807, 2.05) is 0 Å². The lowest BCUT2D eigenvalue weighted by Gasteiger charge is -2.25. The lowest BCUT2D eigenvalue weighted by Crippen LogP contribution is -2.34. The summed E-state index contributed by atoms with van der Waals surface area (Å²) in [5.41, 5.74) is -0.599. The van der Waals surface area contributed by atoms with Gasteiger partial charge in [0.05, 0.1) is 5.41 Å². The lowest BCUT2D eigenvalue weighted by atomic mass is 9.89. The van der Waals surface area contributed by atoms with Crippen LogP contribution in [0.1, 0.15) is 26.7 Å². The Bertz CT molecular complexity index is 241. The van der Waals surface area contributed by atoms with Gasteiger partial charge in [0.1, 0.15) is 0 Å². The zero-order chi connectivity index (χ0) is 12.2. The van der Waals surface area contributed by atoms with E-state index in [9.17, 15) is 4.79 Å². The summed E-state index contributed by atoms with van der Waals surface area (Å²) in [5.74, 6) is -0.695. The number of likely N-dealkylation sites (N-methyl/N-ethyl adjacent to an activating group) is 1. The second-order valence-electron chi connectivity index (χ2n) is 5.44. The molecule has 0 unspecified atom stereocenters. The molecule has 0 saturated carbocycles.